The molecule has 1 amide bonds. The molecule has 2 aliphatic heterocycles. The number of amides is 1. The van der Waals surface area contributed by atoms with Gasteiger partial charge in [0.15, 0.2) is 0 Å². The van der Waals surface area contributed by atoms with Gasteiger partial charge in [-0.3, -0.25) is 9.59 Å². The highest BCUT2D eigenvalue weighted by Crippen LogP contribution is 2.37. The van der Waals surface area contributed by atoms with Gasteiger partial charge in [-0.15, -0.1) is 0 Å². The number of nitrogens with zero attached hydrogens (tertiary/aromatic N) is 4. The van der Waals surface area contributed by atoms with Crippen LogP contribution in [0.5, 0.6) is 0 Å². The predicted molar refractivity (Wildman–Crippen MR) is 114 cm³/mol. The predicted octanol–water partition coefficient (Wildman–Crippen LogP) is 1.32. The van der Waals surface area contributed by atoms with Crippen LogP contribution in [0.1, 0.15) is 29.2 Å². The van der Waals surface area contributed by atoms with Crippen molar-refractivity contribution in [3.63, 3.8) is 0 Å². The average Bonchev–Trinajstić information content (AvgIpc) is 3.12. The van der Waals surface area contributed by atoms with Gasteiger partial charge in [0.05, 0.1) is 37.6 Å². The monoisotopic (exact) mass is 411 g/mol. The van der Waals surface area contributed by atoms with Gasteiger partial charge in [0.25, 0.3) is 5.56 Å². The van der Waals surface area contributed by atoms with Crippen LogP contribution in [-0.4, -0.2) is 72.3 Å². The Hall–Kier alpha value is -2.71. The van der Waals surface area contributed by atoms with Crippen LogP contribution >= 0.6 is 0 Å². The molecule has 0 bridgehead atoms. The summed E-state index contributed by atoms with van der Waals surface area (Å²) in [4.78, 5) is 30.8. The fourth-order valence-electron chi connectivity index (χ4n) is 4.20. The smallest absolute Gasteiger partial charge is 0.269 e. The van der Waals surface area contributed by atoms with E-state index in [2.05, 4.69) is 39.2 Å². The molecular formula is C22H29N5O3. The van der Waals surface area contributed by atoms with E-state index in [1.807, 2.05) is 24.0 Å². The van der Waals surface area contributed by atoms with Crippen molar-refractivity contribution in [1.29, 1.82) is 0 Å². The summed E-state index contributed by atoms with van der Waals surface area (Å²) in [5.74, 6) is 0.154. The molecule has 2 aliphatic rings. The zero-order valence-electron chi connectivity index (χ0n) is 17.6. The molecular weight excluding hydrogens is 382 g/mol. The van der Waals surface area contributed by atoms with Crippen molar-refractivity contribution < 1.29 is 9.53 Å². The second-order valence-electron chi connectivity index (χ2n) is 8.06. The van der Waals surface area contributed by atoms with Crippen LogP contribution in [0, 0.1) is 6.92 Å². The first-order valence-corrected chi connectivity index (χ1v) is 10.5. The quantitative estimate of drug-likeness (QED) is 0.722. The van der Waals surface area contributed by atoms with E-state index in [1.165, 1.54) is 11.1 Å². The van der Waals surface area contributed by atoms with Gasteiger partial charge >= 0.3 is 0 Å². The van der Waals surface area contributed by atoms with Gasteiger partial charge in [-0.05, 0) is 25.1 Å². The minimum Gasteiger partial charge on any atom is -0.378 e. The van der Waals surface area contributed by atoms with Gasteiger partial charge in [0, 0.05) is 38.3 Å². The first-order valence-electron chi connectivity index (χ1n) is 10.5. The number of fused-ring (bicyclic) bond motifs is 1. The standard InChI is InChI=1S/C22H29N5O3/c1-16-19(13-23-24-22(16)29)27-14-17-5-3-4-6-18(17)20(27)15-30-12-7-21(28)26-10-8-25(2)9-11-26/h3-6,13,20H,7-12,14-15H2,1-2H3,(H,24,29)/t20-/m0/s1. The third-order valence-electron chi connectivity index (χ3n) is 6.11. The maximum Gasteiger partial charge on any atom is 0.269 e. The molecule has 160 valence electrons. The topological polar surface area (TPSA) is 81.8 Å². The van der Waals surface area contributed by atoms with Crippen molar-refractivity contribution in [3.05, 3.63) is 57.5 Å². The van der Waals surface area contributed by atoms with E-state index in [1.54, 1.807) is 6.20 Å². The van der Waals surface area contributed by atoms with Crippen LogP contribution in [0.4, 0.5) is 5.69 Å². The van der Waals surface area contributed by atoms with Crippen LogP contribution in [-0.2, 0) is 16.1 Å². The summed E-state index contributed by atoms with van der Waals surface area (Å²) >= 11 is 0. The number of piperazine rings is 1. The van der Waals surface area contributed by atoms with Crippen molar-refractivity contribution in [2.24, 2.45) is 0 Å². The minimum atomic E-state index is -0.180. The van der Waals surface area contributed by atoms with Crippen LogP contribution < -0.4 is 10.5 Å². The molecule has 2 aromatic rings. The molecule has 0 spiro atoms. The SMILES string of the molecule is Cc1c(N2Cc3ccccc3[C@@H]2COCCC(=O)N2CCN(C)CC2)cn[nH]c1=O. The lowest BCUT2D eigenvalue weighted by Gasteiger charge is -2.32. The lowest BCUT2D eigenvalue weighted by Crippen LogP contribution is -2.47. The Morgan fingerprint density at radius 3 is 2.80 bits per heavy atom. The van der Waals surface area contributed by atoms with Crippen LogP contribution in [0.3, 0.4) is 0 Å². The third kappa shape index (κ3) is 4.24. The first-order chi connectivity index (χ1) is 14.5. The summed E-state index contributed by atoms with van der Waals surface area (Å²) in [5.41, 5.74) is 3.70. The molecule has 3 heterocycles. The van der Waals surface area contributed by atoms with Gasteiger partial charge < -0.3 is 19.4 Å². The van der Waals surface area contributed by atoms with Gasteiger partial charge in [0.1, 0.15) is 0 Å². The molecule has 1 atom stereocenters. The molecule has 1 aromatic heterocycles. The number of hydrogen-bond donors (Lipinski definition) is 1. The number of carbonyl (C=O) groups excluding carboxylic acids is 1. The summed E-state index contributed by atoms with van der Waals surface area (Å²) in [6, 6.07) is 8.25. The summed E-state index contributed by atoms with van der Waals surface area (Å²) in [5, 5.41) is 6.48. The molecule has 1 aromatic carbocycles. The van der Waals surface area contributed by atoms with Crippen molar-refractivity contribution in [3.8, 4) is 0 Å². The van der Waals surface area contributed by atoms with Gasteiger partial charge in [-0.1, -0.05) is 24.3 Å². The highest BCUT2D eigenvalue weighted by atomic mass is 16.5. The average molecular weight is 412 g/mol. The molecule has 8 heteroatoms. The van der Waals surface area contributed by atoms with Crippen molar-refractivity contribution in [2.75, 3.05) is 51.3 Å². The zero-order valence-corrected chi connectivity index (χ0v) is 17.6. The fraction of sp³-hybridized carbons (Fsp3) is 0.500. The highest BCUT2D eigenvalue weighted by Gasteiger charge is 2.31. The summed E-state index contributed by atoms with van der Waals surface area (Å²) in [7, 11) is 2.08. The van der Waals surface area contributed by atoms with Crippen LogP contribution in [0.15, 0.2) is 35.3 Å². The van der Waals surface area contributed by atoms with Crippen LogP contribution in [0.25, 0.3) is 0 Å². The van der Waals surface area contributed by atoms with Crippen molar-refractivity contribution in [2.45, 2.75) is 25.9 Å². The largest absolute Gasteiger partial charge is 0.378 e. The van der Waals surface area contributed by atoms with E-state index in [0.29, 0.717) is 31.7 Å². The van der Waals surface area contributed by atoms with E-state index < -0.39 is 0 Å². The number of anilines is 1. The molecule has 0 radical (unpaired) electrons. The number of benzene rings is 1. The Balaban J connectivity index is 1.40. The maximum absolute atomic E-state index is 12.4. The molecule has 0 saturated carbocycles. The summed E-state index contributed by atoms with van der Waals surface area (Å²) in [6.45, 7) is 6.78. The van der Waals surface area contributed by atoms with E-state index >= 15 is 0 Å². The normalized spacial score (nSPS) is 19.2. The van der Waals surface area contributed by atoms with Gasteiger partial charge in [0.2, 0.25) is 5.91 Å². The van der Waals surface area contributed by atoms with E-state index in [9.17, 15) is 9.59 Å². The molecule has 1 fully saturated rings. The minimum absolute atomic E-state index is 0.0118. The molecule has 8 nitrogen and oxygen atoms in total. The third-order valence-corrected chi connectivity index (χ3v) is 6.11. The Kier molecular flexibility index (Phi) is 6.15. The summed E-state index contributed by atoms with van der Waals surface area (Å²) in [6.07, 6.45) is 2.09. The number of aromatic amines is 1. The van der Waals surface area contributed by atoms with Gasteiger partial charge in [-0.25, -0.2) is 5.10 Å². The second-order valence-corrected chi connectivity index (χ2v) is 8.06. The van der Waals surface area contributed by atoms with E-state index in [4.69, 9.17) is 4.74 Å². The zero-order chi connectivity index (χ0) is 21.1. The molecule has 30 heavy (non-hydrogen) atoms. The fourth-order valence-corrected chi connectivity index (χ4v) is 4.20. The number of carbonyl (C=O) groups is 1. The molecule has 4 rings (SSSR count). The number of hydrogen-bond acceptors (Lipinski definition) is 6. The molecule has 0 unspecified atom stereocenters. The second kappa shape index (κ2) is 8.97. The lowest BCUT2D eigenvalue weighted by atomic mass is 10.1. The maximum atomic E-state index is 12.4. The number of H-pyrrole nitrogens is 1. The number of rotatable bonds is 6. The highest BCUT2D eigenvalue weighted by molar-refractivity contribution is 5.76. The van der Waals surface area contributed by atoms with Crippen molar-refractivity contribution in [1.82, 2.24) is 20.0 Å². The summed E-state index contributed by atoms with van der Waals surface area (Å²) < 4.78 is 5.97. The Morgan fingerprint density at radius 2 is 2.00 bits per heavy atom. The Morgan fingerprint density at radius 1 is 1.23 bits per heavy atom. The molecule has 1 N–H and O–H groups in total. The van der Waals surface area contributed by atoms with Gasteiger partial charge in [-0.2, -0.15) is 5.10 Å². The number of aromatic nitrogens is 2. The lowest BCUT2D eigenvalue weighted by molar-refractivity contribution is -0.133. The number of ether oxygens (including phenoxy) is 1. The number of nitrogens with one attached hydrogen (secondary N) is 1. The Bertz CT molecular complexity index is 952. The number of likely N-dealkylation sites (N-methyl/N-ethyl adjacent to an activating group) is 1. The first kappa shape index (κ1) is 20.6. The van der Waals surface area contributed by atoms with Crippen LogP contribution in [0.2, 0.25) is 0 Å². The Labute approximate surface area is 176 Å². The van der Waals surface area contributed by atoms with Crippen molar-refractivity contribution >= 4 is 11.6 Å². The molecule has 1 saturated heterocycles. The van der Waals surface area contributed by atoms with E-state index in [-0.39, 0.29) is 17.5 Å². The van der Waals surface area contributed by atoms with E-state index in [0.717, 1.165) is 31.9 Å². The molecule has 0 aliphatic carbocycles.